The number of ether oxygens (including phenoxy) is 3. The molecule has 8 heteroatoms. The van der Waals surface area contributed by atoms with Gasteiger partial charge in [0.2, 0.25) is 0 Å². The van der Waals surface area contributed by atoms with Gasteiger partial charge in [-0.1, -0.05) is 29.8 Å². The van der Waals surface area contributed by atoms with Crippen molar-refractivity contribution in [2.45, 2.75) is 19.4 Å². The Morgan fingerprint density at radius 3 is 2.34 bits per heavy atom. The number of hydrogen-bond donors (Lipinski definition) is 1. The first kappa shape index (κ1) is 24.8. The number of ketones is 1. The molecule has 0 radical (unpaired) electrons. The molecule has 35 heavy (non-hydrogen) atoms. The Hall–Kier alpha value is -3.36. The van der Waals surface area contributed by atoms with Crippen molar-refractivity contribution in [2.24, 2.45) is 0 Å². The third kappa shape index (κ3) is 5.18. The van der Waals surface area contributed by atoms with E-state index in [4.69, 9.17) is 14.2 Å². The maximum Gasteiger partial charge on any atom is 0.295 e. The Bertz CT molecular complexity index is 1110. The lowest BCUT2D eigenvalue weighted by Gasteiger charge is -2.29. The van der Waals surface area contributed by atoms with Crippen molar-refractivity contribution in [3.63, 3.8) is 0 Å². The minimum Gasteiger partial charge on any atom is -0.507 e. The molecule has 2 aliphatic heterocycles. The fourth-order valence-electron chi connectivity index (χ4n) is 4.63. The number of rotatable bonds is 8. The maximum atomic E-state index is 13.2. The molecule has 186 valence electrons. The van der Waals surface area contributed by atoms with E-state index in [1.165, 1.54) is 14.2 Å². The van der Waals surface area contributed by atoms with Gasteiger partial charge in [-0.3, -0.25) is 14.5 Å². The van der Waals surface area contributed by atoms with E-state index in [0.29, 0.717) is 43.2 Å². The van der Waals surface area contributed by atoms with Crippen LogP contribution < -0.4 is 9.47 Å². The number of Topliss-reactive ketones (excluding diaryl/α,β-unsaturated/α-hetero) is 1. The van der Waals surface area contributed by atoms with Crippen molar-refractivity contribution in [3.8, 4) is 11.5 Å². The van der Waals surface area contributed by atoms with Crippen molar-refractivity contribution >= 4 is 17.4 Å². The predicted octanol–water partition coefficient (Wildman–Crippen LogP) is 3.16. The largest absolute Gasteiger partial charge is 0.507 e. The van der Waals surface area contributed by atoms with Gasteiger partial charge in [-0.25, -0.2) is 0 Å². The molecule has 1 atom stereocenters. The summed E-state index contributed by atoms with van der Waals surface area (Å²) in [6.07, 6.45) is 0.714. The molecule has 0 spiro atoms. The molecule has 0 aromatic heterocycles. The number of carbonyl (C=O) groups is 2. The van der Waals surface area contributed by atoms with Crippen molar-refractivity contribution in [1.82, 2.24) is 9.80 Å². The third-order valence-corrected chi connectivity index (χ3v) is 6.57. The van der Waals surface area contributed by atoms with Crippen LogP contribution in [0.3, 0.4) is 0 Å². The van der Waals surface area contributed by atoms with Crippen LogP contribution in [0.2, 0.25) is 0 Å². The summed E-state index contributed by atoms with van der Waals surface area (Å²) in [5, 5.41) is 11.3. The molecule has 2 heterocycles. The van der Waals surface area contributed by atoms with Crippen LogP contribution >= 0.6 is 0 Å². The van der Waals surface area contributed by atoms with E-state index in [0.717, 1.165) is 30.8 Å². The van der Waals surface area contributed by atoms with Crippen LogP contribution in [-0.4, -0.2) is 80.2 Å². The van der Waals surface area contributed by atoms with Gasteiger partial charge in [-0.05, 0) is 37.1 Å². The number of aryl methyl sites for hydroxylation is 1. The quantitative estimate of drug-likeness (QED) is 0.353. The molecular weight excluding hydrogens is 448 g/mol. The van der Waals surface area contributed by atoms with Crippen LogP contribution in [0.5, 0.6) is 11.5 Å². The first-order chi connectivity index (χ1) is 16.9. The van der Waals surface area contributed by atoms with E-state index in [1.807, 2.05) is 31.2 Å². The zero-order valence-corrected chi connectivity index (χ0v) is 20.5. The Labute approximate surface area is 205 Å². The second-order valence-corrected chi connectivity index (χ2v) is 8.78. The highest BCUT2D eigenvalue weighted by atomic mass is 16.5. The van der Waals surface area contributed by atoms with Gasteiger partial charge in [-0.15, -0.1) is 0 Å². The molecule has 2 aromatic rings. The van der Waals surface area contributed by atoms with Gasteiger partial charge >= 0.3 is 0 Å². The molecule has 2 saturated heterocycles. The minimum absolute atomic E-state index is 0.0810. The summed E-state index contributed by atoms with van der Waals surface area (Å²) in [5.74, 6) is -0.592. The topological polar surface area (TPSA) is 88.5 Å². The van der Waals surface area contributed by atoms with Gasteiger partial charge in [0.15, 0.2) is 11.5 Å². The molecule has 4 rings (SSSR count). The Morgan fingerprint density at radius 1 is 1.00 bits per heavy atom. The summed E-state index contributed by atoms with van der Waals surface area (Å²) >= 11 is 0. The van der Waals surface area contributed by atoms with Crippen LogP contribution in [0.4, 0.5) is 0 Å². The smallest absolute Gasteiger partial charge is 0.295 e. The lowest BCUT2D eigenvalue weighted by molar-refractivity contribution is -0.140. The van der Waals surface area contributed by atoms with Crippen LogP contribution in [0.25, 0.3) is 5.76 Å². The zero-order valence-electron chi connectivity index (χ0n) is 20.5. The first-order valence-electron chi connectivity index (χ1n) is 11.8. The number of morpholine rings is 1. The van der Waals surface area contributed by atoms with Gasteiger partial charge in [-0.2, -0.15) is 0 Å². The number of carbonyl (C=O) groups excluding carboxylic acids is 2. The molecule has 1 N–H and O–H groups in total. The molecule has 2 aromatic carbocycles. The molecular formula is C27H32N2O6. The Morgan fingerprint density at radius 2 is 1.69 bits per heavy atom. The molecule has 2 fully saturated rings. The van der Waals surface area contributed by atoms with Gasteiger partial charge in [0, 0.05) is 31.7 Å². The summed E-state index contributed by atoms with van der Waals surface area (Å²) < 4.78 is 16.1. The number of aliphatic hydroxyl groups excluding tert-OH is 1. The number of aliphatic hydroxyl groups is 1. The summed E-state index contributed by atoms with van der Waals surface area (Å²) in [6, 6.07) is 11.9. The monoisotopic (exact) mass is 480 g/mol. The highest BCUT2D eigenvalue weighted by Gasteiger charge is 2.45. The summed E-state index contributed by atoms with van der Waals surface area (Å²) in [6.45, 7) is 6.33. The number of nitrogens with zero attached hydrogens (tertiary/aromatic N) is 2. The van der Waals surface area contributed by atoms with Crippen molar-refractivity contribution in [2.75, 3.05) is 53.6 Å². The normalized spacial score (nSPS) is 20.3. The molecule has 1 unspecified atom stereocenters. The van der Waals surface area contributed by atoms with Crippen LogP contribution in [0.15, 0.2) is 48.0 Å². The minimum atomic E-state index is -0.686. The highest BCUT2D eigenvalue weighted by molar-refractivity contribution is 6.46. The molecule has 0 bridgehead atoms. The summed E-state index contributed by atoms with van der Waals surface area (Å²) in [4.78, 5) is 30.3. The molecule has 1 amide bonds. The number of hydrogen-bond acceptors (Lipinski definition) is 7. The third-order valence-electron chi connectivity index (χ3n) is 6.57. The standard InChI is InChI=1S/C27H32N2O6/c1-18-5-7-19(8-6-18)24-23(25(30)20-9-10-21(33-2)22(17-20)34-3)26(31)27(32)29(24)12-4-11-28-13-15-35-16-14-28/h5-10,17,24,30H,4,11-16H2,1-3H3/b25-23-. The van der Waals surface area contributed by atoms with Crippen LogP contribution in [-0.2, 0) is 14.3 Å². The zero-order chi connectivity index (χ0) is 24.9. The highest BCUT2D eigenvalue weighted by Crippen LogP contribution is 2.40. The number of amides is 1. The summed E-state index contributed by atoms with van der Waals surface area (Å²) in [5.41, 5.74) is 2.31. The lowest BCUT2D eigenvalue weighted by atomic mass is 9.94. The second kappa shape index (κ2) is 10.9. The Kier molecular flexibility index (Phi) is 7.73. The average Bonchev–Trinajstić information content (AvgIpc) is 3.14. The van der Waals surface area contributed by atoms with Crippen molar-refractivity contribution < 1.29 is 28.9 Å². The fraction of sp³-hybridized carbons (Fsp3) is 0.407. The van der Waals surface area contributed by atoms with Gasteiger partial charge in [0.1, 0.15) is 5.76 Å². The number of likely N-dealkylation sites (tertiary alicyclic amines) is 1. The van der Waals surface area contributed by atoms with Crippen LogP contribution in [0, 0.1) is 6.92 Å². The number of methoxy groups -OCH3 is 2. The maximum absolute atomic E-state index is 13.2. The molecule has 8 nitrogen and oxygen atoms in total. The van der Waals surface area contributed by atoms with Crippen LogP contribution in [0.1, 0.15) is 29.2 Å². The van der Waals surface area contributed by atoms with E-state index in [9.17, 15) is 14.7 Å². The molecule has 0 saturated carbocycles. The Balaban J connectivity index is 1.69. The SMILES string of the molecule is COc1ccc(/C(O)=C2/C(=O)C(=O)N(CCCN3CCOCC3)C2c2ccc(C)cc2)cc1OC. The summed E-state index contributed by atoms with van der Waals surface area (Å²) in [7, 11) is 3.03. The predicted molar refractivity (Wildman–Crippen MR) is 132 cm³/mol. The van der Waals surface area contributed by atoms with Crippen molar-refractivity contribution in [3.05, 3.63) is 64.7 Å². The van der Waals surface area contributed by atoms with E-state index in [2.05, 4.69) is 4.90 Å². The van der Waals surface area contributed by atoms with E-state index < -0.39 is 17.7 Å². The van der Waals surface area contributed by atoms with Gasteiger partial charge in [0.25, 0.3) is 11.7 Å². The number of benzene rings is 2. The van der Waals surface area contributed by atoms with Gasteiger partial charge < -0.3 is 24.2 Å². The van der Waals surface area contributed by atoms with E-state index in [-0.39, 0.29) is 11.3 Å². The molecule has 2 aliphatic rings. The van der Waals surface area contributed by atoms with Crippen molar-refractivity contribution in [1.29, 1.82) is 0 Å². The second-order valence-electron chi connectivity index (χ2n) is 8.78. The van der Waals surface area contributed by atoms with Gasteiger partial charge in [0.05, 0.1) is 39.0 Å². The lowest BCUT2D eigenvalue weighted by Crippen LogP contribution is -2.38. The first-order valence-corrected chi connectivity index (χ1v) is 11.8. The molecule has 0 aliphatic carbocycles. The van der Waals surface area contributed by atoms with E-state index in [1.54, 1.807) is 23.1 Å². The average molecular weight is 481 g/mol. The fourth-order valence-corrected chi connectivity index (χ4v) is 4.63. The van der Waals surface area contributed by atoms with E-state index >= 15 is 0 Å².